The zero-order valence-electron chi connectivity index (χ0n) is 17.4. The van der Waals surface area contributed by atoms with E-state index in [1.54, 1.807) is 7.11 Å². The van der Waals surface area contributed by atoms with Gasteiger partial charge in [0.05, 0.1) is 13.7 Å². The Labute approximate surface area is 172 Å². The molecule has 0 saturated heterocycles. The monoisotopic (exact) mass is 392 g/mol. The number of nitrogens with zero attached hydrogens (tertiary/aromatic N) is 2. The summed E-state index contributed by atoms with van der Waals surface area (Å²) in [5.41, 5.74) is 0.874. The summed E-state index contributed by atoms with van der Waals surface area (Å²) in [7, 11) is 1.65. The summed E-state index contributed by atoms with van der Waals surface area (Å²) in [6.45, 7) is 7.44. The number of rotatable bonds is 8. The SMILES string of the molecule is COc1ccc(OCCNc2cc(NC(C)(C)C)nc(-c3ccccc3)n2)cc1. The maximum atomic E-state index is 5.78. The molecule has 2 aromatic carbocycles. The average molecular weight is 393 g/mol. The minimum Gasteiger partial charge on any atom is -0.497 e. The summed E-state index contributed by atoms with van der Waals surface area (Å²) in [6.07, 6.45) is 0. The van der Waals surface area contributed by atoms with Crippen molar-refractivity contribution in [2.24, 2.45) is 0 Å². The first-order valence-electron chi connectivity index (χ1n) is 9.66. The summed E-state index contributed by atoms with van der Waals surface area (Å²) in [5, 5.41) is 6.76. The highest BCUT2D eigenvalue weighted by Crippen LogP contribution is 2.22. The first kappa shape index (κ1) is 20.5. The van der Waals surface area contributed by atoms with Gasteiger partial charge in [0.1, 0.15) is 29.7 Å². The fourth-order valence-corrected chi connectivity index (χ4v) is 2.72. The Morgan fingerprint density at radius 3 is 2.17 bits per heavy atom. The van der Waals surface area contributed by atoms with Gasteiger partial charge in [-0.05, 0) is 45.0 Å². The minimum atomic E-state index is -0.100. The molecule has 3 rings (SSSR count). The van der Waals surface area contributed by atoms with Crippen LogP contribution in [0.3, 0.4) is 0 Å². The van der Waals surface area contributed by atoms with Crippen LogP contribution < -0.4 is 20.1 Å². The van der Waals surface area contributed by atoms with Gasteiger partial charge in [-0.15, -0.1) is 0 Å². The lowest BCUT2D eigenvalue weighted by molar-refractivity contribution is 0.331. The van der Waals surface area contributed by atoms with Crippen molar-refractivity contribution in [3.8, 4) is 22.9 Å². The number of aromatic nitrogens is 2. The van der Waals surface area contributed by atoms with Gasteiger partial charge < -0.3 is 20.1 Å². The fraction of sp³-hybridized carbons (Fsp3) is 0.304. The number of benzene rings is 2. The van der Waals surface area contributed by atoms with Crippen LogP contribution in [0.4, 0.5) is 11.6 Å². The number of nitrogens with one attached hydrogen (secondary N) is 2. The van der Waals surface area contributed by atoms with Gasteiger partial charge >= 0.3 is 0 Å². The maximum absolute atomic E-state index is 5.78. The van der Waals surface area contributed by atoms with Crippen LogP contribution in [0.1, 0.15) is 20.8 Å². The van der Waals surface area contributed by atoms with E-state index in [0.717, 1.165) is 28.7 Å². The van der Waals surface area contributed by atoms with Crippen LogP contribution in [-0.4, -0.2) is 35.8 Å². The van der Waals surface area contributed by atoms with E-state index >= 15 is 0 Å². The lowest BCUT2D eigenvalue weighted by Gasteiger charge is -2.22. The van der Waals surface area contributed by atoms with E-state index in [2.05, 4.69) is 41.4 Å². The summed E-state index contributed by atoms with van der Waals surface area (Å²) < 4.78 is 10.9. The number of methoxy groups -OCH3 is 1. The van der Waals surface area contributed by atoms with E-state index in [9.17, 15) is 0 Å². The zero-order valence-corrected chi connectivity index (χ0v) is 17.4. The van der Waals surface area contributed by atoms with Gasteiger partial charge in [-0.25, -0.2) is 9.97 Å². The Hall–Kier alpha value is -3.28. The smallest absolute Gasteiger partial charge is 0.163 e. The molecule has 0 bridgehead atoms. The van der Waals surface area contributed by atoms with Gasteiger partial charge in [0.2, 0.25) is 0 Å². The molecule has 0 radical (unpaired) electrons. The molecule has 1 heterocycles. The molecule has 6 heteroatoms. The molecule has 2 N–H and O–H groups in total. The zero-order chi connectivity index (χ0) is 20.7. The highest BCUT2D eigenvalue weighted by Gasteiger charge is 2.13. The topological polar surface area (TPSA) is 68.3 Å². The molecule has 0 aliphatic carbocycles. The van der Waals surface area contributed by atoms with Crippen molar-refractivity contribution in [2.45, 2.75) is 26.3 Å². The molecule has 1 aromatic heterocycles. The minimum absolute atomic E-state index is 0.100. The van der Waals surface area contributed by atoms with Crippen LogP contribution in [0.2, 0.25) is 0 Å². The second-order valence-corrected chi connectivity index (χ2v) is 7.65. The van der Waals surface area contributed by atoms with Crippen LogP contribution >= 0.6 is 0 Å². The third-order valence-electron chi connectivity index (χ3n) is 4.00. The van der Waals surface area contributed by atoms with Crippen LogP contribution in [0, 0.1) is 0 Å². The lowest BCUT2D eigenvalue weighted by atomic mass is 10.1. The van der Waals surface area contributed by atoms with Crippen molar-refractivity contribution in [1.82, 2.24) is 9.97 Å². The van der Waals surface area contributed by atoms with Crippen molar-refractivity contribution in [2.75, 3.05) is 30.9 Å². The molecule has 0 amide bonds. The van der Waals surface area contributed by atoms with Gasteiger partial charge in [-0.3, -0.25) is 0 Å². The van der Waals surface area contributed by atoms with Crippen molar-refractivity contribution in [1.29, 1.82) is 0 Å². The molecule has 0 spiro atoms. The van der Waals surface area contributed by atoms with Crippen LogP contribution in [0.15, 0.2) is 60.7 Å². The van der Waals surface area contributed by atoms with Crippen LogP contribution in [0.25, 0.3) is 11.4 Å². The van der Waals surface area contributed by atoms with Crippen molar-refractivity contribution >= 4 is 11.6 Å². The molecule has 3 aromatic rings. The molecule has 0 fully saturated rings. The Morgan fingerprint density at radius 2 is 1.52 bits per heavy atom. The van der Waals surface area contributed by atoms with Gasteiger partial charge in [0.15, 0.2) is 5.82 Å². The Balaban J connectivity index is 1.67. The second-order valence-electron chi connectivity index (χ2n) is 7.65. The summed E-state index contributed by atoms with van der Waals surface area (Å²) in [4.78, 5) is 9.34. The Kier molecular flexibility index (Phi) is 6.54. The quantitative estimate of drug-likeness (QED) is 0.534. The van der Waals surface area contributed by atoms with Crippen molar-refractivity contribution < 1.29 is 9.47 Å². The standard InChI is InChI=1S/C23H28N4O2/c1-23(2,3)27-21-16-20(25-22(26-21)17-8-6-5-7-9-17)24-14-15-29-19-12-10-18(28-4)11-13-19/h5-13,16H,14-15H2,1-4H3,(H2,24,25,26,27). The number of ether oxygens (including phenoxy) is 2. The molecule has 0 aliphatic rings. The van der Waals surface area contributed by atoms with E-state index in [0.29, 0.717) is 19.0 Å². The summed E-state index contributed by atoms with van der Waals surface area (Å²) in [6, 6.07) is 19.4. The number of hydrogen-bond acceptors (Lipinski definition) is 6. The third-order valence-corrected chi connectivity index (χ3v) is 4.00. The molecule has 29 heavy (non-hydrogen) atoms. The summed E-state index contributed by atoms with van der Waals surface area (Å²) in [5.74, 6) is 3.83. The van der Waals surface area contributed by atoms with Crippen molar-refractivity contribution in [3.05, 3.63) is 60.7 Å². The normalized spacial score (nSPS) is 11.0. The number of hydrogen-bond donors (Lipinski definition) is 2. The Bertz CT molecular complexity index is 906. The molecular weight excluding hydrogens is 364 g/mol. The average Bonchev–Trinajstić information content (AvgIpc) is 2.71. The predicted molar refractivity (Wildman–Crippen MR) is 118 cm³/mol. The lowest BCUT2D eigenvalue weighted by Crippen LogP contribution is -2.27. The first-order chi connectivity index (χ1) is 13.9. The largest absolute Gasteiger partial charge is 0.497 e. The molecular formula is C23H28N4O2. The molecule has 152 valence electrons. The predicted octanol–water partition coefficient (Wildman–Crippen LogP) is 4.85. The molecule has 6 nitrogen and oxygen atoms in total. The van der Waals surface area contributed by atoms with E-state index in [1.165, 1.54) is 0 Å². The molecule has 0 saturated carbocycles. The van der Waals surface area contributed by atoms with Gasteiger partial charge in [-0.1, -0.05) is 30.3 Å². The highest BCUT2D eigenvalue weighted by atomic mass is 16.5. The van der Waals surface area contributed by atoms with Gasteiger partial charge in [-0.2, -0.15) is 0 Å². The van der Waals surface area contributed by atoms with E-state index in [4.69, 9.17) is 9.47 Å². The fourth-order valence-electron chi connectivity index (χ4n) is 2.72. The second kappa shape index (κ2) is 9.28. The van der Waals surface area contributed by atoms with Crippen LogP contribution in [0.5, 0.6) is 11.5 Å². The summed E-state index contributed by atoms with van der Waals surface area (Å²) >= 11 is 0. The van der Waals surface area contributed by atoms with E-state index in [1.807, 2.05) is 60.7 Å². The van der Waals surface area contributed by atoms with Crippen molar-refractivity contribution in [3.63, 3.8) is 0 Å². The van der Waals surface area contributed by atoms with Gasteiger partial charge in [0, 0.05) is 17.2 Å². The van der Waals surface area contributed by atoms with Crippen LogP contribution in [-0.2, 0) is 0 Å². The maximum Gasteiger partial charge on any atom is 0.163 e. The first-order valence-corrected chi connectivity index (χ1v) is 9.66. The Morgan fingerprint density at radius 1 is 0.862 bits per heavy atom. The van der Waals surface area contributed by atoms with Gasteiger partial charge in [0.25, 0.3) is 0 Å². The molecule has 0 unspecified atom stereocenters. The van der Waals surface area contributed by atoms with E-state index < -0.39 is 0 Å². The number of anilines is 2. The van der Waals surface area contributed by atoms with E-state index in [-0.39, 0.29) is 5.54 Å². The molecule has 0 aliphatic heterocycles. The highest BCUT2D eigenvalue weighted by molar-refractivity contribution is 5.61. The third kappa shape index (κ3) is 6.38. The molecule has 0 atom stereocenters.